The normalized spacial score (nSPS) is 25.4. The van der Waals surface area contributed by atoms with Crippen LogP contribution in [0.5, 0.6) is 0 Å². The predicted octanol–water partition coefficient (Wildman–Crippen LogP) is 1.71. The maximum absolute atomic E-state index is 5.88. The van der Waals surface area contributed by atoms with Gasteiger partial charge in [-0.3, -0.25) is 0 Å². The van der Waals surface area contributed by atoms with Gasteiger partial charge < -0.3 is 11.1 Å². The van der Waals surface area contributed by atoms with Crippen LogP contribution in [0.15, 0.2) is 12.3 Å². The fourth-order valence-electron chi connectivity index (χ4n) is 2.16. The van der Waals surface area contributed by atoms with Crippen molar-refractivity contribution < 1.29 is 0 Å². The molecule has 1 heterocycles. The number of nitrogens with zero attached hydrogens (tertiary/aromatic N) is 2. The Bertz CT molecular complexity index is 332. The van der Waals surface area contributed by atoms with Crippen LogP contribution < -0.4 is 11.1 Å². The summed E-state index contributed by atoms with van der Waals surface area (Å²) in [6.45, 7) is 2.95. The average molecular weight is 220 g/mol. The van der Waals surface area contributed by atoms with Gasteiger partial charge in [-0.1, -0.05) is 0 Å². The second kappa shape index (κ2) is 5.25. The Balaban J connectivity index is 1.79. The highest BCUT2D eigenvalue weighted by molar-refractivity contribution is 5.24. The predicted molar refractivity (Wildman–Crippen MR) is 65.2 cm³/mol. The maximum Gasteiger partial charge on any atom is 0.222 e. The van der Waals surface area contributed by atoms with Gasteiger partial charge in [0.15, 0.2) is 0 Å². The Morgan fingerprint density at radius 1 is 1.38 bits per heavy atom. The van der Waals surface area contributed by atoms with Crippen molar-refractivity contribution in [2.45, 2.75) is 38.6 Å². The Morgan fingerprint density at radius 2 is 2.12 bits per heavy atom. The molecule has 0 amide bonds. The highest BCUT2D eigenvalue weighted by atomic mass is 15.1. The number of aromatic nitrogens is 2. The van der Waals surface area contributed by atoms with Gasteiger partial charge in [0.1, 0.15) is 0 Å². The van der Waals surface area contributed by atoms with Crippen LogP contribution in [0.25, 0.3) is 0 Å². The van der Waals surface area contributed by atoms with Gasteiger partial charge in [0, 0.05) is 24.5 Å². The van der Waals surface area contributed by atoms with Gasteiger partial charge in [-0.2, -0.15) is 0 Å². The molecule has 0 unspecified atom stereocenters. The first kappa shape index (κ1) is 11.3. The first-order valence-electron chi connectivity index (χ1n) is 6.03. The van der Waals surface area contributed by atoms with E-state index in [9.17, 15) is 0 Å². The molecular weight excluding hydrogens is 200 g/mol. The van der Waals surface area contributed by atoms with Crippen molar-refractivity contribution in [3.05, 3.63) is 18.0 Å². The molecular formula is C12H20N4. The van der Waals surface area contributed by atoms with Gasteiger partial charge in [0.05, 0.1) is 0 Å². The third kappa shape index (κ3) is 3.17. The number of nitrogens with two attached hydrogens (primary N) is 1. The van der Waals surface area contributed by atoms with Gasteiger partial charge >= 0.3 is 0 Å². The maximum atomic E-state index is 5.88. The molecule has 1 saturated carbocycles. The minimum Gasteiger partial charge on any atom is -0.354 e. The summed E-state index contributed by atoms with van der Waals surface area (Å²) in [5.41, 5.74) is 6.88. The van der Waals surface area contributed by atoms with Crippen molar-refractivity contribution in [3.8, 4) is 0 Å². The molecule has 4 nitrogen and oxygen atoms in total. The second-order valence-electron chi connectivity index (χ2n) is 4.68. The minimum atomic E-state index is 0.423. The highest BCUT2D eigenvalue weighted by Gasteiger charge is 2.18. The zero-order chi connectivity index (χ0) is 11.4. The third-order valence-electron chi connectivity index (χ3n) is 3.24. The van der Waals surface area contributed by atoms with Crippen molar-refractivity contribution in [1.29, 1.82) is 0 Å². The number of hydrogen-bond acceptors (Lipinski definition) is 4. The van der Waals surface area contributed by atoms with E-state index in [2.05, 4.69) is 15.3 Å². The van der Waals surface area contributed by atoms with E-state index in [1.54, 1.807) is 6.20 Å². The van der Waals surface area contributed by atoms with Crippen LogP contribution >= 0.6 is 0 Å². The molecule has 0 aromatic carbocycles. The van der Waals surface area contributed by atoms with E-state index >= 15 is 0 Å². The molecule has 4 heteroatoms. The Hall–Kier alpha value is -1.16. The van der Waals surface area contributed by atoms with Crippen LogP contribution in [0, 0.1) is 12.8 Å². The fraction of sp³-hybridized carbons (Fsp3) is 0.667. The summed E-state index contributed by atoms with van der Waals surface area (Å²) in [4.78, 5) is 8.52. The standard InChI is InChI=1S/C12H20N4/c1-9-6-7-14-12(16-9)15-8-10-2-4-11(13)5-3-10/h6-7,10-11H,2-5,8,13H2,1H3,(H,14,15,16). The molecule has 0 atom stereocenters. The summed E-state index contributed by atoms with van der Waals surface area (Å²) >= 11 is 0. The van der Waals surface area contributed by atoms with E-state index in [1.807, 2.05) is 13.0 Å². The molecule has 0 radical (unpaired) electrons. The number of anilines is 1. The molecule has 3 N–H and O–H groups in total. The lowest BCUT2D eigenvalue weighted by molar-refractivity contribution is 0.338. The summed E-state index contributed by atoms with van der Waals surface area (Å²) in [5, 5.41) is 3.31. The van der Waals surface area contributed by atoms with Gasteiger partial charge in [-0.25, -0.2) is 9.97 Å². The Kier molecular flexibility index (Phi) is 3.72. The number of rotatable bonds is 3. The first-order chi connectivity index (χ1) is 7.74. The topological polar surface area (TPSA) is 63.8 Å². The van der Waals surface area contributed by atoms with E-state index in [-0.39, 0.29) is 0 Å². The zero-order valence-corrected chi connectivity index (χ0v) is 9.82. The number of nitrogens with one attached hydrogen (secondary N) is 1. The molecule has 0 spiro atoms. The molecule has 1 fully saturated rings. The van der Waals surface area contributed by atoms with Crippen molar-refractivity contribution in [2.24, 2.45) is 11.7 Å². The summed E-state index contributed by atoms with van der Waals surface area (Å²) in [5.74, 6) is 1.47. The first-order valence-corrected chi connectivity index (χ1v) is 6.03. The minimum absolute atomic E-state index is 0.423. The van der Waals surface area contributed by atoms with Crippen LogP contribution in [0.2, 0.25) is 0 Å². The van der Waals surface area contributed by atoms with Crippen molar-refractivity contribution in [2.75, 3.05) is 11.9 Å². The lowest BCUT2D eigenvalue weighted by Gasteiger charge is -2.26. The van der Waals surface area contributed by atoms with Crippen molar-refractivity contribution in [1.82, 2.24) is 9.97 Å². The third-order valence-corrected chi connectivity index (χ3v) is 3.24. The summed E-state index contributed by atoms with van der Waals surface area (Å²) in [6, 6.07) is 2.33. The lowest BCUT2D eigenvalue weighted by atomic mass is 9.86. The molecule has 1 aromatic heterocycles. The van der Waals surface area contributed by atoms with Crippen molar-refractivity contribution in [3.63, 3.8) is 0 Å². The largest absolute Gasteiger partial charge is 0.354 e. The molecule has 2 rings (SSSR count). The van der Waals surface area contributed by atoms with Gasteiger partial charge in [-0.05, 0) is 44.6 Å². The van der Waals surface area contributed by atoms with E-state index in [4.69, 9.17) is 5.73 Å². The number of hydrogen-bond donors (Lipinski definition) is 2. The zero-order valence-electron chi connectivity index (χ0n) is 9.82. The molecule has 0 aliphatic heterocycles. The molecule has 1 aromatic rings. The van der Waals surface area contributed by atoms with Crippen LogP contribution in [0.1, 0.15) is 31.4 Å². The van der Waals surface area contributed by atoms with Crippen LogP contribution in [0.4, 0.5) is 5.95 Å². The van der Waals surface area contributed by atoms with Gasteiger partial charge in [-0.15, -0.1) is 0 Å². The SMILES string of the molecule is Cc1ccnc(NCC2CCC(N)CC2)n1. The van der Waals surface area contributed by atoms with Crippen LogP contribution in [-0.2, 0) is 0 Å². The van der Waals surface area contributed by atoms with Gasteiger partial charge in [0.25, 0.3) is 0 Å². The van der Waals surface area contributed by atoms with E-state index in [0.29, 0.717) is 6.04 Å². The van der Waals surface area contributed by atoms with Crippen LogP contribution in [-0.4, -0.2) is 22.6 Å². The Labute approximate surface area is 96.7 Å². The summed E-state index contributed by atoms with van der Waals surface area (Å²) in [7, 11) is 0. The fourth-order valence-corrected chi connectivity index (χ4v) is 2.16. The van der Waals surface area contributed by atoms with E-state index in [1.165, 1.54) is 12.8 Å². The number of aryl methyl sites for hydroxylation is 1. The lowest BCUT2D eigenvalue weighted by Crippen LogP contribution is -2.29. The summed E-state index contributed by atoms with van der Waals surface area (Å²) in [6.07, 6.45) is 6.55. The highest BCUT2D eigenvalue weighted by Crippen LogP contribution is 2.23. The summed E-state index contributed by atoms with van der Waals surface area (Å²) < 4.78 is 0. The monoisotopic (exact) mass is 220 g/mol. The van der Waals surface area contributed by atoms with Crippen molar-refractivity contribution >= 4 is 5.95 Å². The smallest absolute Gasteiger partial charge is 0.222 e. The molecule has 1 aliphatic carbocycles. The second-order valence-corrected chi connectivity index (χ2v) is 4.68. The van der Waals surface area contributed by atoms with E-state index < -0.39 is 0 Å². The molecule has 88 valence electrons. The quantitative estimate of drug-likeness (QED) is 0.814. The van der Waals surface area contributed by atoms with E-state index in [0.717, 1.165) is 36.9 Å². The van der Waals surface area contributed by atoms with Crippen LogP contribution in [0.3, 0.4) is 0 Å². The molecule has 16 heavy (non-hydrogen) atoms. The molecule has 0 bridgehead atoms. The average Bonchev–Trinajstić information content (AvgIpc) is 2.28. The van der Waals surface area contributed by atoms with Gasteiger partial charge in [0.2, 0.25) is 5.95 Å². The molecule has 1 aliphatic rings. The Morgan fingerprint density at radius 3 is 2.81 bits per heavy atom. The molecule has 0 saturated heterocycles.